The highest BCUT2D eigenvalue weighted by Gasteiger charge is 2.43. The van der Waals surface area contributed by atoms with Crippen LogP contribution in [0.5, 0.6) is 0 Å². The number of hydrazone groups is 1. The molecule has 0 aliphatic heterocycles. The van der Waals surface area contributed by atoms with Gasteiger partial charge in [-0.25, -0.2) is 5.43 Å². The Hall–Kier alpha value is -2.94. The predicted octanol–water partition coefficient (Wildman–Crippen LogP) is 4.55. The summed E-state index contributed by atoms with van der Waals surface area (Å²) in [7, 11) is 0. The van der Waals surface area contributed by atoms with E-state index in [0.717, 1.165) is 17.7 Å². The summed E-state index contributed by atoms with van der Waals surface area (Å²) in [5, 5.41) is 4.15. The van der Waals surface area contributed by atoms with E-state index in [1.165, 1.54) is 5.56 Å². The Labute approximate surface area is 148 Å². The summed E-state index contributed by atoms with van der Waals surface area (Å²) in [6.45, 7) is 1.87. The van der Waals surface area contributed by atoms with Gasteiger partial charge in [-0.05, 0) is 36.5 Å². The zero-order valence-electron chi connectivity index (χ0n) is 14.3. The van der Waals surface area contributed by atoms with E-state index in [1.54, 1.807) is 0 Å². The Morgan fingerprint density at radius 3 is 2.44 bits per heavy atom. The summed E-state index contributed by atoms with van der Waals surface area (Å²) in [4.78, 5) is 12.2. The molecule has 2 atom stereocenters. The van der Waals surface area contributed by atoms with Crippen LogP contribution in [0.2, 0.25) is 0 Å². The summed E-state index contributed by atoms with van der Waals surface area (Å²) in [5.74, 6) is 0.378. The molecule has 2 aromatic rings. The van der Waals surface area contributed by atoms with Gasteiger partial charge in [-0.1, -0.05) is 78.9 Å². The highest BCUT2D eigenvalue weighted by molar-refractivity contribution is 5.94. The van der Waals surface area contributed by atoms with Crippen molar-refractivity contribution in [1.29, 1.82) is 0 Å². The molecule has 1 N–H and O–H groups in total. The molecule has 1 aliphatic rings. The molecule has 0 unspecified atom stereocenters. The molecule has 1 fully saturated rings. The first kappa shape index (κ1) is 16.9. The van der Waals surface area contributed by atoms with Crippen molar-refractivity contribution in [3.8, 4) is 0 Å². The number of hydrogen-bond acceptors (Lipinski definition) is 2. The molecule has 126 valence electrons. The standard InChI is InChI=1S/C22H22N2O/c1-17(10-8-9-13-18-11-4-2-5-12-18)23-24-22(25)21-16-20(21)19-14-6-3-7-15-19/h2-15,20-21H,16H2,1H3,(H,24,25)/b10-8+,13-9+,23-17+/t20-,21+/m1/s1. The topological polar surface area (TPSA) is 41.5 Å². The van der Waals surface area contributed by atoms with Gasteiger partial charge >= 0.3 is 0 Å². The van der Waals surface area contributed by atoms with Crippen molar-refractivity contribution in [3.05, 3.63) is 90.0 Å². The van der Waals surface area contributed by atoms with Gasteiger partial charge in [-0.2, -0.15) is 5.10 Å². The molecule has 25 heavy (non-hydrogen) atoms. The number of allylic oxidation sites excluding steroid dienone is 3. The van der Waals surface area contributed by atoms with Crippen LogP contribution in [0.3, 0.4) is 0 Å². The summed E-state index contributed by atoms with van der Waals surface area (Å²) >= 11 is 0. The maximum absolute atomic E-state index is 12.2. The molecule has 2 aromatic carbocycles. The van der Waals surface area contributed by atoms with Crippen LogP contribution in [0.4, 0.5) is 0 Å². The van der Waals surface area contributed by atoms with Crippen molar-refractivity contribution in [1.82, 2.24) is 5.43 Å². The molecule has 0 heterocycles. The second-order valence-corrected chi connectivity index (χ2v) is 6.22. The van der Waals surface area contributed by atoms with E-state index in [1.807, 2.05) is 79.8 Å². The molecule has 3 heteroatoms. The monoisotopic (exact) mass is 330 g/mol. The number of nitrogens with one attached hydrogen (secondary N) is 1. The van der Waals surface area contributed by atoms with Gasteiger partial charge < -0.3 is 0 Å². The third-order valence-electron chi connectivity index (χ3n) is 4.23. The lowest BCUT2D eigenvalue weighted by molar-refractivity contribution is -0.122. The number of carbonyl (C=O) groups excluding carboxylic acids is 1. The summed E-state index contributed by atoms with van der Waals surface area (Å²) < 4.78 is 0. The van der Waals surface area contributed by atoms with Crippen LogP contribution in [-0.2, 0) is 4.79 Å². The van der Waals surface area contributed by atoms with Gasteiger partial charge in [0.05, 0.1) is 5.71 Å². The molecule has 0 spiro atoms. The quantitative estimate of drug-likeness (QED) is 0.471. The van der Waals surface area contributed by atoms with E-state index >= 15 is 0 Å². The fourth-order valence-electron chi connectivity index (χ4n) is 2.74. The predicted molar refractivity (Wildman–Crippen MR) is 103 cm³/mol. The van der Waals surface area contributed by atoms with E-state index in [9.17, 15) is 4.79 Å². The SMILES string of the molecule is CC(/C=C/C=C/c1ccccc1)=N\NC(=O)[C@H]1C[C@@H]1c1ccccc1. The van der Waals surface area contributed by atoms with E-state index < -0.39 is 0 Å². The maximum atomic E-state index is 12.2. The number of hydrogen-bond donors (Lipinski definition) is 1. The van der Waals surface area contributed by atoms with Crippen molar-refractivity contribution in [3.63, 3.8) is 0 Å². The lowest BCUT2D eigenvalue weighted by Gasteiger charge is -2.00. The summed E-state index contributed by atoms with van der Waals surface area (Å²) in [6, 6.07) is 20.3. The lowest BCUT2D eigenvalue weighted by Crippen LogP contribution is -2.21. The van der Waals surface area contributed by atoms with E-state index in [0.29, 0.717) is 5.92 Å². The van der Waals surface area contributed by atoms with Gasteiger partial charge in [0.2, 0.25) is 5.91 Å². The Morgan fingerprint density at radius 1 is 1.04 bits per heavy atom. The van der Waals surface area contributed by atoms with Crippen molar-refractivity contribution in [2.45, 2.75) is 19.3 Å². The van der Waals surface area contributed by atoms with Gasteiger partial charge in [0, 0.05) is 5.92 Å². The first-order valence-electron chi connectivity index (χ1n) is 8.53. The molecule has 0 bridgehead atoms. The van der Waals surface area contributed by atoms with Crippen LogP contribution in [0, 0.1) is 5.92 Å². The van der Waals surface area contributed by atoms with Gasteiger partial charge in [0.25, 0.3) is 0 Å². The highest BCUT2D eigenvalue weighted by atomic mass is 16.2. The molecule has 0 aromatic heterocycles. The number of carbonyl (C=O) groups is 1. The Bertz CT molecular complexity index is 791. The lowest BCUT2D eigenvalue weighted by atomic mass is 10.1. The Kier molecular flexibility index (Phi) is 5.57. The molecular formula is C22H22N2O. The first-order valence-corrected chi connectivity index (χ1v) is 8.53. The summed E-state index contributed by atoms with van der Waals surface area (Å²) in [6.07, 6.45) is 8.68. The first-order chi connectivity index (χ1) is 12.2. The smallest absolute Gasteiger partial charge is 0.243 e. The zero-order chi connectivity index (χ0) is 17.5. The number of amides is 1. The fourth-order valence-corrected chi connectivity index (χ4v) is 2.74. The minimum Gasteiger partial charge on any atom is -0.273 e. The zero-order valence-corrected chi connectivity index (χ0v) is 14.3. The van der Waals surface area contributed by atoms with Crippen LogP contribution >= 0.6 is 0 Å². The van der Waals surface area contributed by atoms with Crippen LogP contribution in [0.25, 0.3) is 6.08 Å². The molecule has 3 rings (SSSR count). The third-order valence-corrected chi connectivity index (χ3v) is 4.23. The van der Waals surface area contributed by atoms with Crippen LogP contribution in [-0.4, -0.2) is 11.6 Å². The number of benzene rings is 2. The largest absolute Gasteiger partial charge is 0.273 e. The number of rotatable bonds is 6. The normalized spacial score (nSPS) is 20.1. The summed E-state index contributed by atoms with van der Waals surface area (Å²) in [5.41, 5.74) is 5.82. The van der Waals surface area contributed by atoms with E-state index in [4.69, 9.17) is 0 Å². The van der Waals surface area contributed by atoms with Crippen LogP contribution in [0.1, 0.15) is 30.4 Å². The van der Waals surface area contributed by atoms with Crippen molar-refractivity contribution >= 4 is 17.7 Å². The van der Waals surface area contributed by atoms with Gasteiger partial charge in [-0.3, -0.25) is 4.79 Å². The van der Waals surface area contributed by atoms with Crippen molar-refractivity contribution < 1.29 is 4.79 Å². The molecule has 1 aliphatic carbocycles. The van der Waals surface area contributed by atoms with Gasteiger partial charge in [-0.15, -0.1) is 0 Å². The molecule has 3 nitrogen and oxygen atoms in total. The average Bonchev–Trinajstić information content (AvgIpc) is 3.46. The average molecular weight is 330 g/mol. The van der Waals surface area contributed by atoms with Crippen molar-refractivity contribution in [2.24, 2.45) is 11.0 Å². The third kappa shape index (κ3) is 5.01. The Balaban J connectivity index is 1.46. The molecule has 1 saturated carbocycles. The van der Waals surface area contributed by atoms with Gasteiger partial charge in [0.15, 0.2) is 0 Å². The maximum Gasteiger partial charge on any atom is 0.243 e. The fraction of sp³-hybridized carbons (Fsp3) is 0.182. The molecule has 1 amide bonds. The second-order valence-electron chi connectivity index (χ2n) is 6.22. The van der Waals surface area contributed by atoms with Crippen LogP contribution < -0.4 is 5.43 Å². The van der Waals surface area contributed by atoms with Crippen LogP contribution in [0.15, 0.2) is 84.0 Å². The minimum atomic E-state index is 0.00132. The molecule has 0 radical (unpaired) electrons. The molecular weight excluding hydrogens is 308 g/mol. The minimum absolute atomic E-state index is 0.00132. The van der Waals surface area contributed by atoms with Gasteiger partial charge in [0.1, 0.15) is 0 Å². The van der Waals surface area contributed by atoms with E-state index in [-0.39, 0.29) is 11.8 Å². The van der Waals surface area contributed by atoms with Crippen molar-refractivity contribution in [2.75, 3.05) is 0 Å². The van der Waals surface area contributed by atoms with E-state index in [2.05, 4.69) is 22.7 Å². The second kappa shape index (κ2) is 8.25. The molecule has 0 saturated heterocycles. The number of nitrogens with zero attached hydrogens (tertiary/aromatic N) is 1. The highest BCUT2D eigenvalue weighted by Crippen LogP contribution is 2.47. The Morgan fingerprint density at radius 2 is 1.72 bits per heavy atom.